The van der Waals surface area contributed by atoms with Crippen LogP contribution in [0.15, 0.2) is 22.4 Å². The predicted molar refractivity (Wildman–Crippen MR) is 133 cm³/mol. The lowest BCUT2D eigenvalue weighted by molar-refractivity contribution is -0.142. The minimum Gasteiger partial charge on any atom is -0.378 e. The number of halogens is 6. The third-order valence-corrected chi connectivity index (χ3v) is 6.33. The smallest absolute Gasteiger partial charge is 0.378 e. The van der Waals surface area contributed by atoms with Gasteiger partial charge < -0.3 is 15.0 Å². The summed E-state index contributed by atoms with van der Waals surface area (Å²) >= 11 is 1.09. The minimum absolute atomic E-state index is 0.135. The number of hydrogen-bond donors (Lipinski definition) is 1. The third kappa shape index (κ3) is 11.0. The molecule has 2 aromatic rings. The second kappa shape index (κ2) is 14.9. The van der Waals surface area contributed by atoms with Crippen LogP contribution in [-0.2, 0) is 27.9 Å². The van der Waals surface area contributed by atoms with E-state index in [4.69, 9.17) is 4.74 Å². The summed E-state index contributed by atoms with van der Waals surface area (Å²) in [5.41, 5.74) is -1.63. The molecule has 4 heterocycles. The van der Waals surface area contributed by atoms with Crippen molar-refractivity contribution < 1.29 is 35.3 Å². The van der Waals surface area contributed by atoms with E-state index in [0.29, 0.717) is 32.0 Å². The molecule has 214 valence electrons. The summed E-state index contributed by atoms with van der Waals surface area (Å²) < 4.78 is 91.3. The van der Waals surface area contributed by atoms with E-state index < -0.39 is 34.5 Å². The van der Waals surface area contributed by atoms with E-state index in [1.165, 1.54) is 45.5 Å². The van der Waals surface area contributed by atoms with Crippen LogP contribution in [0.2, 0.25) is 0 Å². The highest BCUT2D eigenvalue weighted by Crippen LogP contribution is 2.30. The third-order valence-electron chi connectivity index (χ3n) is 5.09. The molecule has 1 unspecified atom stereocenters. The van der Waals surface area contributed by atoms with Crippen LogP contribution >= 0.6 is 11.8 Å². The zero-order chi connectivity index (χ0) is 28.3. The maximum atomic E-state index is 12.7. The Morgan fingerprint density at radius 1 is 0.921 bits per heavy atom. The summed E-state index contributed by atoms with van der Waals surface area (Å²) in [7, 11) is -1.67. The van der Waals surface area contributed by atoms with Crippen molar-refractivity contribution in [1.29, 1.82) is 0 Å². The zero-order valence-corrected chi connectivity index (χ0v) is 22.8. The SMILES string of the molecule is C1CCNCC1.CS(=O)c1nc(N2CCOCC2)cc(C(F)(F)F)n1.CSc1nc(C)cc(C(F)(F)F)n1. The van der Waals surface area contributed by atoms with Gasteiger partial charge in [-0.15, -0.1) is 0 Å². The molecule has 8 nitrogen and oxygen atoms in total. The fourth-order valence-electron chi connectivity index (χ4n) is 3.22. The number of nitrogens with one attached hydrogen (secondary N) is 1. The number of hydrogen-bond acceptors (Lipinski definition) is 9. The van der Waals surface area contributed by atoms with E-state index in [0.717, 1.165) is 23.9 Å². The number of alkyl halides is 6. The number of piperidine rings is 1. The molecular formula is C22H30F6N6O2S2. The van der Waals surface area contributed by atoms with E-state index in [9.17, 15) is 30.6 Å². The molecule has 0 saturated carbocycles. The molecule has 0 aliphatic carbocycles. The molecule has 16 heteroatoms. The van der Waals surface area contributed by atoms with Gasteiger partial charge in [-0.1, -0.05) is 18.2 Å². The van der Waals surface area contributed by atoms with Crippen LogP contribution in [0.3, 0.4) is 0 Å². The first-order chi connectivity index (χ1) is 17.8. The van der Waals surface area contributed by atoms with Crippen molar-refractivity contribution in [3.8, 4) is 0 Å². The summed E-state index contributed by atoms with van der Waals surface area (Å²) in [5, 5.41) is 3.12. The Hall–Kier alpha value is -2.04. The number of aryl methyl sites for hydroxylation is 1. The summed E-state index contributed by atoms with van der Waals surface area (Å²) in [4.78, 5) is 16.1. The molecule has 2 aromatic heterocycles. The minimum atomic E-state index is -4.59. The molecule has 0 spiro atoms. The Labute approximate surface area is 223 Å². The molecule has 2 fully saturated rings. The fraction of sp³-hybridized carbons (Fsp3) is 0.636. The Kier molecular flexibility index (Phi) is 12.6. The van der Waals surface area contributed by atoms with Crippen molar-refractivity contribution in [1.82, 2.24) is 25.3 Å². The maximum absolute atomic E-state index is 12.7. The van der Waals surface area contributed by atoms with Gasteiger partial charge in [0.05, 0.1) is 24.0 Å². The van der Waals surface area contributed by atoms with Crippen LogP contribution in [0.5, 0.6) is 0 Å². The van der Waals surface area contributed by atoms with Gasteiger partial charge in [-0.3, -0.25) is 4.21 Å². The molecule has 0 bridgehead atoms. The van der Waals surface area contributed by atoms with Crippen molar-refractivity contribution in [2.45, 2.75) is 48.9 Å². The quantitative estimate of drug-likeness (QED) is 0.319. The number of ether oxygens (including phenoxy) is 1. The first-order valence-electron chi connectivity index (χ1n) is 11.6. The van der Waals surface area contributed by atoms with Gasteiger partial charge in [0, 0.05) is 31.1 Å². The van der Waals surface area contributed by atoms with Crippen molar-refractivity contribution in [2.75, 3.05) is 56.8 Å². The maximum Gasteiger partial charge on any atom is 0.433 e. The lowest BCUT2D eigenvalue weighted by atomic mass is 10.2. The molecule has 2 aliphatic heterocycles. The average molecular weight is 589 g/mol. The highest BCUT2D eigenvalue weighted by molar-refractivity contribution is 7.98. The van der Waals surface area contributed by atoms with Gasteiger partial charge in [0.25, 0.3) is 0 Å². The Bertz CT molecular complexity index is 1040. The predicted octanol–water partition coefficient (Wildman–Crippen LogP) is 4.36. The lowest BCUT2D eigenvalue weighted by Gasteiger charge is -2.28. The number of anilines is 1. The summed E-state index contributed by atoms with van der Waals surface area (Å²) in [6.07, 6.45) is -1.88. The molecule has 1 N–H and O–H groups in total. The summed E-state index contributed by atoms with van der Waals surface area (Å²) in [5.74, 6) is 0.135. The first-order valence-corrected chi connectivity index (χ1v) is 14.4. The number of morpholine rings is 1. The van der Waals surface area contributed by atoms with Crippen LogP contribution in [0, 0.1) is 6.92 Å². The second-order valence-corrected chi connectivity index (χ2v) is 10.2. The molecule has 2 aliphatic rings. The van der Waals surface area contributed by atoms with Gasteiger partial charge in [0.1, 0.15) is 11.5 Å². The Morgan fingerprint density at radius 3 is 1.95 bits per heavy atom. The zero-order valence-electron chi connectivity index (χ0n) is 21.2. The molecule has 38 heavy (non-hydrogen) atoms. The summed E-state index contributed by atoms with van der Waals surface area (Å²) in [6.45, 7) is 5.76. The van der Waals surface area contributed by atoms with Gasteiger partial charge in [-0.2, -0.15) is 26.3 Å². The number of aromatic nitrogens is 4. The van der Waals surface area contributed by atoms with Crippen LogP contribution < -0.4 is 10.2 Å². The highest BCUT2D eigenvalue weighted by Gasteiger charge is 2.35. The molecular weight excluding hydrogens is 558 g/mol. The monoisotopic (exact) mass is 588 g/mol. The second-order valence-electron chi connectivity index (χ2n) is 8.13. The van der Waals surface area contributed by atoms with Gasteiger partial charge in [-0.25, -0.2) is 19.9 Å². The van der Waals surface area contributed by atoms with E-state index in [1.54, 1.807) is 11.2 Å². The molecule has 4 rings (SSSR count). The average Bonchev–Trinajstić information content (AvgIpc) is 2.89. The van der Waals surface area contributed by atoms with Crippen molar-refractivity contribution in [3.63, 3.8) is 0 Å². The van der Waals surface area contributed by atoms with Gasteiger partial charge in [0.15, 0.2) is 10.9 Å². The van der Waals surface area contributed by atoms with E-state index in [1.807, 2.05) is 0 Å². The van der Waals surface area contributed by atoms with Crippen molar-refractivity contribution in [3.05, 3.63) is 29.2 Å². The van der Waals surface area contributed by atoms with Crippen molar-refractivity contribution >= 4 is 28.4 Å². The van der Waals surface area contributed by atoms with Gasteiger partial charge in [-0.05, 0) is 45.2 Å². The summed E-state index contributed by atoms with van der Waals surface area (Å²) in [6, 6.07) is 1.81. The normalized spacial score (nSPS) is 17.0. The van der Waals surface area contributed by atoms with Gasteiger partial charge >= 0.3 is 12.4 Å². The standard InChI is InChI=1S/C10H12F3N3O2S.C7H7F3N2S.C5H11N/c1-19(17)9-14-7(10(11,12)13)6-8(15-9)16-2-4-18-5-3-16;1-4-3-5(7(8,9)10)12-6(11-4)13-2;1-2-4-6-5-3-1/h6H,2-5H2,1H3;3H,1-2H3;6H,1-5H2. The Morgan fingerprint density at radius 2 is 1.50 bits per heavy atom. The number of rotatable bonds is 3. The molecule has 0 aromatic carbocycles. The van der Waals surface area contributed by atoms with E-state index in [2.05, 4.69) is 25.3 Å². The number of nitrogens with zero attached hydrogens (tertiary/aromatic N) is 5. The molecule has 0 amide bonds. The first kappa shape index (κ1) is 32.2. The molecule has 1 atom stereocenters. The topological polar surface area (TPSA) is 93.1 Å². The Balaban J connectivity index is 0.000000229. The van der Waals surface area contributed by atoms with Crippen molar-refractivity contribution in [2.24, 2.45) is 0 Å². The van der Waals surface area contributed by atoms with Crippen LogP contribution in [0.1, 0.15) is 36.3 Å². The lowest BCUT2D eigenvalue weighted by Crippen LogP contribution is -2.37. The highest BCUT2D eigenvalue weighted by atomic mass is 32.2. The van der Waals surface area contributed by atoms with Gasteiger partial charge in [0.2, 0.25) is 5.16 Å². The van der Waals surface area contributed by atoms with Crippen LogP contribution in [0.25, 0.3) is 0 Å². The van der Waals surface area contributed by atoms with Crippen LogP contribution in [0.4, 0.5) is 32.2 Å². The van der Waals surface area contributed by atoms with E-state index >= 15 is 0 Å². The van der Waals surface area contributed by atoms with E-state index in [-0.39, 0.29) is 16.1 Å². The molecule has 0 radical (unpaired) electrons. The molecule has 2 saturated heterocycles. The largest absolute Gasteiger partial charge is 0.433 e. The van der Waals surface area contributed by atoms with Crippen LogP contribution in [-0.4, -0.2) is 76.0 Å². The number of thioether (sulfide) groups is 1. The fourth-order valence-corrected chi connectivity index (χ4v) is 4.09.